The molecule has 3 aromatic rings. The van der Waals surface area contributed by atoms with E-state index in [1.807, 2.05) is 48.3 Å². The van der Waals surface area contributed by atoms with Gasteiger partial charge in [-0.2, -0.15) is 0 Å². The van der Waals surface area contributed by atoms with Gasteiger partial charge in [0.25, 0.3) is 0 Å². The Morgan fingerprint density at radius 1 is 1.17 bits per heavy atom. The zero-order valence-corrected chi connectivity index (χ0v) is 9.92. The van der Waals surface area contributed by atoms with Gasteiger partial charge in [-0.25, -0.2) is 4.39 Å². The van der Waals surface area contributed by atoms with Crippen LogP contribution in [0.25, 0.3) is 10.9 Å². The Hall–Kier alpha value is -2.36. The predicted molar refractivity (Wildman–Crippen MR) is 69.9 cm³/mol. The van der Waals surface area contributed by atoms with Gasteiger partial charge in [0.2, 0.25) is 0 Å². The maximum Gasteiger partial charge on any atom is 0.166 e. The Balaban J connectivity index is 2.13. The highest BCUT2D eigenvalue weighted by molar-refractivity contribution is 5.80. The maximum atomic E-state index is 13.7. The van der Waals surface area contributed by atoms with Crippen LogP contribution >= 0.6 is 0 Å². The Morgan fingerprint density at radius 2 is 2.00 bits per heavy atom. The summed E-state index contributed by atoms with van der Waals surface area (Å²) in [5, 5.41) is 2.89. The molecule has 0 N–H and O–H groups in total. The number of hydrogen-bond donors (Lipinski definition) is 0. The number of nitrogens with zero attached hydrogens (tertiary/aromatic N) is 3. The molecular formula is C14H12FN3. The third-order valence-electron chi connectivity index (χ3n) is 3.00. The molecule has 2 heterocycles. The Kier molecular flexibility index (Phi) is 2.48. The van der Waals surface area contributed by atoms with E-state index in [2.05, 4.69) is 4.98 Å². The van der Waals surface area contributed by atoms with Crippen LogP contribution < -0.4 is 5.01 Å². The molecule has 3 rings (SSSR count). The van der Waals surface area contributed by atoms with Crippen LogP contribution in [-0.2, 0) is 0 Å². The van der Waals surface area contributed by atoms with Crippen molar-refractivity contribution >= 4 is 16.6 Å². The van der Waals surface area contributed by atoms with Gasteiger partial charge >= 0.3 is 0 Å². The second kappa shape index (κ2) is 4.14. The summed E-state index contributed by atoms with van der Waals surface area (Å²) in [5.41, 5.74) is 1.53. The summed E-state index contributed by atoms with van der Waals surface area (Å²) in [6.07, 6.45) is 4.72. The molecular weight excluding hydrogens is 229 g/mol. The minimum Gasteiger partial charge on any atom is -0.281 e. The van der Waals surface area contributed by atoms with Crippen molar-refractivity contribution in [1.82, 2.24) is 9.66 Å². The molecule has 4 heteroatoms. The van der Waals surface area contributed by atoms with E-state index in [-0.39, 0.29) is 5.82 Å². The molecule has 18 heavy (non-hydrogen) atoms. The van der Waals surface area contributed by atoms with Crippen LogP contribution in [0.1, 0.15) is 0 Å². The van der Waals surface area contributed by atoms with Crippen LogP contribution in [0.4, 0.5) is 10.1 Å². The van der Waals surface area contributed by atoms with Gasteiger partial charge in [-0.15, -0.1) is 0 Å². The number of rotatable bonds is 2. The molecule has 2 aromatic heterocycles. The Morgan fingerprint density at radius 3 is 2.83 bits per heavy atom. The van der Waals surface area contributed by atoms with Gasteiger partial charge in [-0.1, -0.05) is 18.2 Å². The molecule has 0 spiro atoms. The van der Waals surface area contributed by atoms with E-state index >= 15 is 0 Å². The minimum atomic E-state index is -0.335. The van der Waals surface area contributed by atoms with E-state index in [1.165, 1.54) is 6.20 Å². The minimum absolute atomic E-state index is 0.335. The first-order chi connectivity index (χ1) is 8.77. The molecule has 90 valence electrons. The molecule has 0 aliphatic rings. The molecule has 0 amide bonds. The first-order valence-electron chi connectivity index (χ1n) is 5.67. The van der Waals surface area contributed by atoms with E-state index in [4.69, 9.17) is 0 Å². The van der Waals surface area contributed by atoms with Crippen molar-refractivity contribution in [3.63, 3.8) is 0 Å². The van der Waals surface area contributed by atoms with Gasteiger partial charge in [0, 0.05) is 24.8 Å². The van der Waals surface area contributed by atoms with Crippen LogP contribution in [0.15, 0.2) is 55.0 Å². The molecule has 0 aliphatic heterocycles. The fourth-order valence-corrected chi connectivity index (χ4v) is 2.08. The standard InChI is InChI=1S/C14H12FN3/c1-17(14-6-8-16-10-12(14)15)18-9-7-11-4-2-3-5-13(11)18/h2-10H,1H3. The van der Waals surface area contributed by atoms with Crippen molar-refractivity contribution in [2.45, 2.75) is 0 Å². The zero-order chi connectivity index (χ0) is 12.5. The summed E-state index contributed by atoms with van der Waals surface area (Å²) in [6, 6.07) is 11.7. The van der Waals surface area contributed by atoms with Crippen LogP contribution in [0.2, 0.25) is 0 Å². The molecule has 0 bridgehead atoms. The average Bonchev–Trinajstić information content (AvgIpc) is 2.82. The quantitative estimate of drug-likeness (QED) is 0.687. The van der Waals surface area contributed by atoms with Crippen molar-refractivity contribution in [1.29, 1.82) is 0 Å². The number of hydrogen-bond acceptors (Lipinski definition) is 2. The van der Waals surface area contributed by atoms with Crippen molar-refractivity contribution in [2.24, 2.45) is 0 Å². The van der Waals surface area contributed by atoms with Crippen LogP contribution in [0.3, 0.4) is 0 Å². The third-order valence-corrected chi connectivity index (χ3v) is 3.00. The maximum absolute atomic E-state index is 13.7. The second-order valence-electron chi connectivity index (χ2n) is 4.07. The molecule has 0 fully saturated rings. The fraction of sp³-hybridized carbons (Fsp3) is 0.0714. The number of halogens is 1. The molecule has 0 atom stereocenters. The molecule has 0 saturated carbocycles. The van der Waals surface area contributed by atoms with E-state index in [0.29, 0.717) is 5.69 Å². The molecule has 0 aliphatic carbocycles. The van der Waals surface area contributed by atoms with Crippen molar-refractivity contribution in [3.8, 4) is 0 Å². The summed E-state index contributed by atoms with van der Waals surface area (Å²) in [4.78, 5) is 3.76. The Labute approximate surface area is 104 Å². The average molecular weight is 241 g/mol. The van der Waals surface area contributed by atoms with Crippen LogP contribution in [0.5, 0.6) is 0 Å². The summed E-state index contributed by atoms with van der Waals surface area (Å²) in [7, 11) is 1.82. The number of pyridine rings is 1. The number of para-hydroxylation sites is 1. The highest BCUT2D eigenvalue weighted by Crippen LogP contribution is 2.21. The number of anilines is 1. The normalized spacial score (nSPS) is 10.8. The second-order valence-corrected chi connectivity index (χ2v) is 4.07. The van der Waals surface area contributed by atoms with Crippen molar-refractivity contribution in [3.05, 3.63) is 60.8 Å². The van der Waals surface area contributed by atoms with E-state index in [1.54, 1.807) is 17.3 Å². The number of fused-ring (bicyclic) bond motifs is 1. The lowest BCUT2D eigenvalue weighted by atomic mass is 10.2. The van der Waals surface area contributed by atoms with Gasteiger partial charge < -0.3 is 0 Å². The first kappa shape index (κ1) is 10.8. The summed E-state index contributed by atoms with van der Waals surface area (Å²) in [5.74, 6) is -0.335. The SMILES string of the molecule is CN(c1ccncc1F)n1ccc2ccccc21. The molecule has 1 aromatic carbocycles. The van der Waals surface area contributed by atoms with Crippen molar-refractivity contribution < 1.29 is 4.39 Å². The van der Waals surface area contributed by atoms with Gasteiger partial charge in [-0.05, 0) is 18.2 Å². The predicted octanol–water partition coefficient (Wildman–Crippen LogP) is 3.07. The fourth-order valence-electron chi connectivity index (χ4n) is 2.08. The van der Waals surface area contributed by atoms with Gasteiger partial charge in [0.05, 0.1) is 17.4 Å². The van der Waals surface area contributed by atoms with Crippen LogP contribution in [-0.4, -0.2) is 16.7 Å². The van der Waals surface area contributed by atoms with E-state index < -0.39 is 0 Å². The lowest BCUT2D eigenvalue weighted by molar-refractivity contribution is 0.610. The number of aromatic nitrogens is 2. The van der Waals surface area contributed by atoms with Crippen molar-refractivity contribution in [2.75, 3.05) is 12.1 Å². The topological polar surface area (TPSA) is 21.1 Å². The first-order valence-corrected chi connectivity index (χ1v) is 5.67. The smallest absolute Gasteiger partial charge is 0.166 e. The Bertz CT molecular complexity index is 690. The number of benzene rings is 1. The summed E-state index contributed by atoms with van der Waals surface area (Å²) in [6.45, 7) is 0. The van der Waals surface area contributed by atoms with Gasteiger partial charge in [0.1, 0.15) is 0 Å². The molecule has 0 saturated heterocycles. The molecule has 3 nitrogen and oxygen atoms in total. The van der Waals surface area contributed by atoms with E-state index in [9.17, 15) is 4.39 Å². The zero-order valence-electron chi connectivity index (χ0n) is 9.92. The largest absolute Gasteiger partial charge is 0.281 e. The van der Waals surface area contributed by atoms with E-state index in [0.717, 1.165) is 10.9 Å². The van der Waals surface area contributed by atoms with Gasteiger partial charge in [-0.3, -0.25) is 14.7 Å². The third kappa shape index (κ3) is 1.62. The lowest BCUT2D eigenvalue weighted by Crippen LogP contribution is -2.24. The van der Waals surface area contributed by atoms with Gasteiger partial charge in [0.15, 0.2) is 5.82 Å². The highest BCUT2D eigenvalue weighted by atomic mass is 19.1. The lowest BCUT2D eigenvalue weighted by Gasteiger charge is -2.22. The monoisotopic (exact) mass is 241 g/mol. The molecule has 0 unspecified atom stereocenters. The molecule has 0 radical (unpaired) electrons. The highest BCUT2D eigenvalue weighted by Gasteiger charge is 2.10. The van der Waals surface area contributed by atoms with Crippen LogP contribution in [0, 0.1) is 5.82 Å². The summed E-state index contributed by atoms with van der Waals surface area (Å²) >= 11 is 0. The summed E-state index contributed by atoms with van der Waals surface area (Å²) < 4.78 is 15.6.